The quantitative estimate of drug-likeness (QED) is 0.179. The molecule has 1 amide bonds. The number of hydrogen-bond donors (Lipinski definition) is 3. The van der Waals surface area contributed by atoms with E-state index in [0.717, 1.165) is 43.5 Å². The molecule has 0 saturated heterocycles. The van der Waals surface area contributed by atoms with E-state index < -0.39 is 26.4 Å². The Kier molecular flexibility index (Phi) is 12.8. The maximum absolute atomic E-state index is 12.4. The molecule has 1 aromatic carbocycles. The number of amides is 1. The molecule has 0 aliphatic heterocycles. The lowest BCUT2D eigenvalue weighted by Gasteiger charge is -2.16. The first-order valence-electron chi connectivity index (χ1n) is 12.3. The lowest BCUT2D eigenvalue weighted by atomic mass is 10.1. The summed E-state index contributed by atoms with van der Waals surface area (Å²) in [6, 6.07) is 8.94. The lowest BCUT2D eigenvalue weighted by Crippen LogP contribution is -2.34. The van der Waals surface area contributed by atoms with Crippen molar-refractivity contribution in [2.24, 2.45) is 0 Å². The standard InChI is InChI=1S/C26H34F3N2O6P/c1-2-3-4-5-6-7-25(32)31-21(13-15-38(33,34)35)16-20-8-10-23(11-9-20)36-18-22-17-24(12-14-30-22)37-19-26(27,28)29/h8-15,17,21H,2-7,16,18-19H2,1H3,(H,31,32)(H2,33,34,35)/b15-13+. The number of carbonyl (C=O) groups excluding carboxylic acids is 1. The van der Waals surface area contributed by atoms with Gasteiger partial charge in [-0.3, -0.25) is 14.3 Å². The number of benzene rings is 1. The third-order valence-electron chi connectivity index (χ3n) is 5.32. The van der Waals surface area contributed by atoms with Gasteiger partial charge in [0.05, 0.1) is 11.7 Å². The van der Waals surface area contributed by atoms with Crippen LogP contribution < -0.4 is 14.8 Å². The van der Waals surface area contributed by atoms with Gasteiger partial charge in [0.2, 0.25) is 5.91 Å². The number of pyridine rings is 1. The molecule has 0 saturated carbocycles. The van der Waals surface area contributed by atoms with Gasteiger partial charge in [0.25, 0.3) is 0 Å². The van der Waals surface area contributed by atoms with E-state index in [4.69, 9.17) is 9.47 Å². The van der Waals surface area contributed by atoms with Crippen LogP contribution in [-0.2, 0) is 22.4 Å². The number of alkyl halides is 3. The van der Waals surface area contributed by atoms with E-state index in [9.17, 15) is 32.3 Å². The first-order valence-corrected chi connectivity index (χ1v) is 14.0. The molecule has 0 fully saturated rings. The maximum atomic E-state index is 12.4. The van der Waals surface area contributed by atoms with E-state index in [-0.39, 0.29) is 18.3 Å². The van der Waals surface area contributed by atoms with Crippen LogP contribution in [0, 0.1) is 0 Å². The summed E-state index contributed by atoms with van der Waals surface area (Å²) in [5.41, 5.74) is 1.18. The zero-order valence-corrected chi connectivity index (χ0v) is 22.1. The fourth-order valence-corrected chi connectivity index (χ4v) is 3.91. The van der Waals surface area contributed by atoms with Crippen LogP contribution in [-0.4, -0.2) is 39.5 Å². The predicted molar refractivity (Wildman–Crippen MR) is 137 cm³/mol. The van der Waals surface area contributed by atoms with Gasteiger partial charge < -0.3 is 24.6 Å². The highest BCUT2D eigenvalue weighted by Crippen LogP contribution is 2.36. The molecule has 0 aliphatic carbocycles. The first-order chi connectivity index (χ1) is 17.9. The lowest BCUT2D eigenvalue weighted by molar-refractivity contribution is -0.153. The van der Waals surface area contributed by atoms with Gasteiger partial charge in [-0.15, -0.1) is 0 Å². The molecule has 0 aliphatic rings. The fraction of sp³-hybridized carbons (Fsp3) is 0.462. The van der Waals surface area contributed by atoms with Crippen molar-refractivity contribution in [1.29, 1.82) is 0 Å². The van der Waals surface area contributed by atoms with Gasteiger partial charge >= 0.3 is 13.8 Å². The van der Waals surface area contributed by atoms with E-state index in [1.165, 1.54) is 24.4 Å². The van der Waals surface area contributed by atoms with Crippen LogP contribution in [0.25, 0.3) is 0 Å². The molecular formula is C26H34F3N2O6P. The zero-order valence-electron chi connectivity index (χ0n) is 21.2. The highest BCUT2D eigenvalue weighted by molar-refractivity contribution is 7.55. The number of rotatable bonds is 16. The van der Waals surface area contributed by atoms with Crippen molar-refractivity contribution >= 4 is 13.5 Å². The van der Waals surface area contributed by atoms with Crippen LogP contribution in [0.3, 0.4) is 0 Å². The number of carbonyl (C=O) groups is 1. The number of unbranched alkanes of at least 4 members (excludes halogenated alkanes) is 4. The van der Waals surface area contributed by atoms with Gasteiger partial charge in [0.1, 0.15) is 18.1 Å². The smallest absolute Gasteiger partial charge is 0.422 e. The topological polar surface area (TPSA) is 118 Å². The Bertz CT molecular complexity index is 1070. The molecule has 38 heavy (non-hydrogen) atoms. The molecule has 3 N–H and O–H groups in total. The average Bonchev–Trinajstić information content (AvgIpc) is 2.85. The van der Waals surface area contributed by atoms with Gasteiger partial charge in [-0.25, -0.2) is 0 Å². The number of halogens is 3. The SMILES string of the molecule is CCCCCCCC(=O)NC(/C=C/P(=O)(O)O)Cc1ccc(OCc2cc(OCC(F)(F)F)ccn2)cc1. The van der Waals surface area contributed by atoms with Crippen LogP contribution in [0.2, 0.25) is 0 Å². The molecule has 1 aromatic heterocycles. The van der Waals surface area contributed by atoms with Gasteiger partial charge in [0, 0.05) is 24.5 Å². The summed E-state index contributed by atoms with van der Waals surface area (Å²) in [7, 11) is -4.39. The molecule has 2 aromatic rings. The first kappa shape index (κ1) is 31.3. The highest BCUT2D eigenvalue weighted by atomic mass is 31.2. The normalized spacial score (nSPS) is 12.9. The molecule has 210 valence electrons. The Morgan fingerprint density at radius 1 is 1.08 bits per heavy atom. The van der Waals surface area contributed by atoms with Gasteiger partial charge in [0.15, 0.2) is 6.61 Å². The Hall–Kier alpha value is -2.88. The molecule has 1 heterocycles. The molecule has 1 unspecified atom stereocenters. The number of ether oxygens (including phenoxy) is 2. The summed E-state index contributed by atoms with van der Waals surface area (Å²) >= 11 is 0. The number of nitrogens with zero attached hydrogens (tertiary/aromatic N) is 1. The molecule has 0 spiro atoms. The Morgan fingerprint density at radius 3 is 2.45 bits per heavy atom. The number of nitrogens with one attached hydrogen (secondary N) is 1. The van der Waals surface area contributed by atoms with Crippen LogP contribution in [0.1, 0.15) is 56.7 Å². The van der Waals surface area contributed by atoms with E-state index in [0.29, 0.717) is 24.3 Å². The highest BCUT2D eigenvalue weighted by Gasteiger charge is 2.28. The summed E-state index contributed by atoms with van der Waals surface area (Å²) < 4.78 is 58.7. The Morgan fingerprint density at radius 2 is 1.79 bits per heavy atom. The molecule has 2 rings (SSSR count). The summed E-state index contributed by atoms with van der Waals surface area (Å²) in [4.78, 5) is 34.8. The van der Waals surface area contributed by atoms with Crippen molar-refractivity contribution in [3.8, 4) is 11.5 Å². The second kappa shape index (κ2) is 15.5. The molecular weight excluding hydrogens is 524 g/mol. The van der Waals surface area contributed by atoms with E-state index in [1.807, 2.05) is 0 Å². The predicted octanol–water partition coefficient (Wildman–Crippen LogP) is 5.68. The number of hydrogen-bond acceptors (Lipinski definition) is 5. The van der Waals surface area contributed by atoms with Crippen LogP contribution >= 0.6 is 7.60 Å². The van der Waals surface area contributed by atoms with Gasteiger partial charge in [-0.1, -0.05) is 50.8 Å². The number of aromatic nitrogens is 1. The van der Waals surface area contributed by atoms with Crippen molar-refractivity contribution in [2.45, 2.75) is 70.7 Å². The van der Waals surface area contributed by atoms with Crippen molar-refractivity contribution in [3.63, 3.8) is 0 Å². The minimum atomic E-state index is -4.44. The molecule has 8 nitrogen and oxygen atoms in total. The molecule has 1 atom stereocenters. The second-order valence-corrected chi connectivity index (χ2v) is 10.3. The minimum Gasteiger partial charge on any atom is -0.487 e. The third-order valence-corrected chi connectivity index (χ3v) is 5.88. The van der Waals surface area contributed by atoms with Crippen LogP contribution in [0.15, 0.2) is 54.5 Å². The second-order valence-electron chi connectivity index (χ2n) is 8.79. The average molecular weight is 559 g/mol. The van der Waals surface area contributed by atoms with Crippen molar-refractivity contribution in [1.82, 2.24) is 10.3 Å². The van der Waals surface area contributed by atoms with Crippen molar-refractivity contribution < 1.29 is 41.8 Å². The summed E-state index contributed by atoms with van der Waals surface area (Å²) in [6.45, 7) is 0.716. The van der Waals surface area contributed by atoms with E-state index in [1.54, 1.807) is 24.3 Å². The van der Waals surface area contributed by atoms with Gasteiger partial charge in [-0.05, 0) is 36.6 Å². The minimum absolute atomic E-state index is 0.00449. The van der Waals surface area contributed by atoms with Gasteiger partial charge in [-0.2, -0.15) is 13.2 Å². The van der Waals surface area contributed by atoms with Crippen molar-refractivity contribution in [2.75, 3.05) is 6.61 Å². The molecule has 12 heteroatoms. The van der Waals surface area contributed by atoms with Crippen LogP contribution in [0.5, 0.6) is 11.5 Å². The Labute approximate surface area is 220 Å². The third kappa shape index (κ3) is 14.2. The van der Waals surface area contributed by atoms with E-state index in [2.05, 4.69) is 17.2 Å². The largest absolute Gasteiger partial charge is 0.487 e. The summed E-state index contributed by atoms with van der Waals surface area (Å²) in [6.07, 6.45) is 3.83. The van der Waals surface area contributed by atoms with Crippen molar-refractivity contribution in [3.05, 3.63) is 65.7 Å². The fourth-order valence-electron chi connectivity index (χ4n) is 3.47. The summed E-state index contributed by atoms with van der Waals surface area (Å²) in [5.74, 6) is 1.12. The molecule has 0 radical (unpaired) electrons. The molecule has 0 bridgehead atoms. The van der Waals surface area contributed by atoms with Crippen LogP contribution in [0.4, 0.5) is 13.2 Å². The monoisotopic (exact) mass is 558 g/mol. The summed E-state index contributed by atoms with van der Waals surface area (Å²) in [5, 5.41) is 2.82. The zero-order chi connectivity index (χ0) is 28.0. The van der Waals surface area contributed by atoms with E-state index >= 15 is 0 Å². The Balaban J connectivity index is 1.93. The maximum Gasteiger partial charge on any atom is 0.422 e.